The van der Waals surface area contributed by atoms with Crippen molar-refractivity contribution in [1.82, 2.24) is 9.80 Å². The fourth-order valence-corrected chi connectivity index (χ4v) is 3.21. The van der Waals surface area contributed by atoms with Crippen molar-refractivity contribution >= 4 is 23.2 Å². The molecule has 3 rings (SSSR count). The summed E-state index contributed by atoms with van der Waals surface area (Å²) in [7, 11) is 5.25. The number of carbonyl (C=O) groups excluding carboxylic acids is 1. The fourth-order valence-electron chi connectivity index (χ4n) is 3.21. The van der Waals surface area contributed by atoms with Crippen LogP contribution >= 0.6 is 0 Å². The summed E-state index contributed by atoms with van der Waals surface area (Å²) in [5.41, 5.74) is 4.07. The highest BCUT2D eigenvalue weighted by atomic mass is 16.7. The number of benzene rings is 1. The smallest absolute Gasteiger partial charge is 0.403 e. The van der Waals surface area contributed by atoms with Gasteiger partial charge in [0.25, 0.3) is 5.71 Å². The van der Waals surface area contributed by atoms with Crippen LogP contribution in [0.25, 0.3) is 0 Å². The number of hydrogen-bond donors (Lipinski definition) is 1. The van der Waals surface area contributed by atoms with Gasteiger partial charge in [0.15, 0.2) is 0 Å². The summed E-state index contributed by atoms with van der Waals surface area (Å²) in [6.45, 7) is 3.00. The normalized spacial score (nSPS) is 19.2. The van der Waals surface area contributed by atoms with Gasteiger partial charge < -0.3 is 14.5 Å². The largest absolute Gasteiger partial charge is 0.415 e. The molecular weight excluding hydrogens is 360 g/mol. The SMILES string of the molecule is CO[NH2+]c1ccccc1/[N+](OC)=C1\CC=CC=C1OC(=O)N1CCN(C)CC1. The number of nitrogens with zero attached hydrogens (tertiary/aromatic N) is 3. The van der Waals surface area contributed by atoms with Gasteiger partial charge >= 0.3 is 11.8 Å². The number of hydrogen-bond acceptors (Lipinski definition) is 5. The quantitative estimate of drug-likeness (QED) is 0.468. The summed E-state index contributed by atoms with van der Waals surface area (Å²) in [6, 6.07) is 7.72. The number of piperazine rings is 1. The van der Waals surface area contributed by atoms with Crippen LogP contribution in [0.2, 0.25) is 0 Å². The highest BCUT2D eigenvalue weighted by Crippen LogP contribution is 2.24. The van der Waals surface area contributed by atoms with Gasteiger partial charge in [-0.3, -0.25) is 4.84 Å². The number of quaternary nitrogens is 1. The third-order valence-electron chi connectivity index (χ3n) is 4.77. The molecule has 8 heteroatoms. The van der Waals surface area contributed by atoms with Crippen molar-refractivity contribution in [3.63, 3.8) is 0 Å². The molecule has 2 N–H and O–H groups in total. The average Bonchev–Trinajstić information content (AvgIpc) is 2.71. The van der Waals surface area contributed by atoms with E-state index in [-0.39, 0.29) is 6.09 Å². The lowest BCUT2D eigenvalue weighted by Crippen LogP contribution is -2.76. The number of nitrogens with two attached hydrogens (primary N) is 1. The molecule has 1 saturated heterocycles. The summed E-state index contributed by atoms with van der Waals surface area (Å²) in [6.07, 6.45) is 5.92. The Morgan fingerprint density at radius 2 is 1.89 bits per heavy atom. The number of allylic oxidation sites excluding steroid dienone is 4. The number of amides is 1. The Morgan fingerprint density at radius 3 is 2.61 bits per heavy atom. The first kappa shape index (κ1) is 20.1. The van der Waals surface area contributed by atoms with Crippen LogP contribution in [0.3, 0.4) is 0 Å². The van der Waals surface area contributed by atoms with Gasteiger partial charge in [0.1, 0.15) is 7.11 Å². The first-order chi connectivity index (χ1) is 13.6. The summed E-state index contributed by atoms with van der Waals surface area (Å²) >= 11 is 0. The van der Waals surface area contributed by atoms with E-state index in [4.69, 9.17) is 14.4 Å². The Bertz CT molecular complexity index is 795. The van der Waals surface area contributed by atoms with Crippen LogP contribution in [0.1, 0.15) is 6.42 Å². The minimum absolute atomic E-state index is 0.333. The highest BCUT2D eigenvalue weighted by Gasteiger charge is 2.32. The van der Waals surface area contributed by atoms with Crippen molar-refractivity contribution in [3.05, 3.63) is 48.3 Å². The molecule has 2 aliphatic rings. The van der Waals surface area contributed by atoms with Crippen LogP contribution in [0.5, 0.6) is 0 Å². The van der Waals surface area contributed by atoms with E-state index >= 15 is 0 Å². The molecule has 150 valence electrons. The molecule has 0 radical (unpaired) electrons. The van der Waals surface area contributed by atoms with E-state index in [1.807, 2.05) is 43.5 Å². The van der Waals surface area contributed by atoms with Gasteiger partial charge in [-0.2, -0.15) is 5.48 Å². The average molecular weight is 388 g/mol. The number of ether oxygens (including phenoxy) is 1. The van der Waals surface area contributed by atoms with Crippen LogP contribution in [0, 0.1) is 0 Å². The summed E-state index contributed by atoms with van der Waals surface area (Å²) < 4.78 is 7.44. The molecule has 28 heavy (non-hydrogen) atoms. The second kappa shape index (κ2) is 9.50. The Kier molecular flexibility index (Phi) is 6.80. The maximum atomic E-state index is 12.7. The third-order valence-corrected chi connectivity index (χ3v) is 4.77. The van der Waals surface area contributed by atoms with E-state index in [0.717, 1.165) is 30.2 Å². The summed E-state index contributed by atoms with van der Waals surface area (Å²) in [4.78, 5) is 27.4. The second-order valence-electron chi connectivity index (χ2n) is 6.66. The van der Waals surface area contributed by atoms with Gasteiger partial charge in [-0.1, -0.05) is 24.3 Å². The molecule has 0 atom stereocenters. The molecule has 1 fully saturated rings. The van der Waals surface area contributed by atoms with Gasteiger partial charge in [-0.05, 0) is 13.1 Å². The number of para-hydroxylation sites is 1. The second-order valence-corrected chi connectivity index (χ2v) is 6.66. The number of likely N-dealkylation sites (N-methyl/N-ethyl adjacent to an activating group) is 1. The summed E-state index contributed by atoms with van der Waals surface area (Å²) in [5, 5.41) is 0. The molecule has 1 heterocycles. The zero-order valence-electron chi connectivity index (χ0n) is 16.6. The Hall–Kier alpha value is -2.68. The summed E-state index contributed by atoms with van der Waals surface area (Å²) in [5.74, 6) is 0.487. The lowest BCUT2D eigenvalue weighted by Gasteiger charge is -2.31. The van der Waals surface area contributed by atoms with Crippen LogP contribution < -0.4 is 5.48 Å². The van der Waals surface area contributed by atoms with E-state index in [1.165, 1.54) is 0 Å². The van der Waals surface area contributed by atoms with E-state index in [2.05, 4.69) is 4.90 Å². The molecule has 0 spiro atoms. The first-order valence-corrected chi connectivity index (χ1v) is 9.31. The molecule has 1 aromatic carbocycles. The molecule has 1 aromatic rings. The van der Waals surface area contributed by atoms with Gasteiger partial charge in [-0.25, -0.2) is 9.63 Å². The maximum Gasteiger partial charge on any atom is 0.415 e. The standard InChI is InChI=1S/C20H27N4O4/c1-22-12-14-23(15-13-22)20(25)28-19-11-7-6-10-18(19)24(27-3)17-9-5-4-8-16(17)21-26-2/h4-9,11,21H,10,12-15H2,1-3H3/q+1/p+1/b24-18-. The molecule has 0 saturated carbocycles. The van der Waals surface area contributed by atoms with E-state index in [1.54, 1.807) is 35.4 Å². The lowest BCUT2D eigenvalue weighted by atomic mass is 10.1. The van der Waals surface area contributed by atoms with Crippen LogP contribution in [0.4, 0.5) is 16.2 Å². The van der Waals surface area contributed by atoms with Crippen LogP contribution in [-0.4, -0.2) is 73.8 Å². The van der Waals surface area contributed by atoms with Crippen molar-refractivity contribution < 1.29 is 29.4 Å². The highest BCUT2D eigenvalue weighted by molar-refractivity contribution is 5.99. The number of rotatable bonds is 5. The predicted octanol–water partition coefficient (Wildman–Crippen LogP) is 1.32. The fraction of sp³-hybridized carbons (Fsp3) is 0.400. The third kappa shape index (κ3) is 4.59. The van der Waals surface area contributed by atoms with Crippen molar-refractivity contribution in [2.45, 2.75) is 6.42 Å². The Morgan fingerprint density at radius 1 is 1.14 bits per heavy atom. The van der Waals surface area contributed by atoms with Gasteiger partial charge in [0, 0.05) is 43.1 Å². The maximum absolute atomic E-state index is 12.7. The molecule has 1 aliphatic heterocycles. The zero-order chi connectivity index (χ0) is 19.9. The minimum atomic E-state index is -0.333. The van der Waals surface area contributed by atoms with Gasteiger partial charge in [0.05, 0.1) is 13.5 Å². The van der Waals surface area contributed by atoms with E-state index in [0.29, 0.717) is 25.3 Å². The van der Waals surface area contributed by atoms with Gasteiger partial charge in [0.2, 0.25) is 11.4 Å². The molecule has 0 aromatic heterocycles. The molecule has 8 nitrogen and oxygen atoms in total. The molecule has 0 bridgehead atoms. The Balaban J connectivity index is 1.87. The van der Waals surface area contributed by atoms with E-state index in [9.17, 15) is 4.79 Å². The van der Waals surface area contributed by atoms with Crippen LogP contribution in [-0.2, 0) is 14.4 Å². The molecule has 0 unspecified atom stereocenters. The minimum Gasteiger partial charge on any atom is -0.403 e. The monoisotopic (exact) mass is 388 g/mol. The predicted molar refractivity (Wildman–Crippen MR) is 104 cm³/mol. The first-order valence-electron chi connectivity index (χ1n) is 9.31. The van der Waals surface area contributed by atoms with E-state index < -0.39 is 0 Å². The van der Waals surface area contributed by atoms with Crippen LogP contribution in [0.15, 0.2) is 48.3 Å². The topological polar surface area (TPSA) is 70.9 Å². The molecule has 1 aliphatic carbocycles. The van der Waals surface area contributed by atoms with Crippen molar-refractivity contribution in [2.75, 3.05) is 47.4 Å². The van der Waals surface area contributed by atoms with Crippen molar-refractivity contribution in [3.8, 4) is 0 Å². The molecular formula is C20H28N4O4+2. The zero-order valence-corrected chi connectivity index (χ0v) is 16.6. The van der Waals surface area contributed by atoms with Crippen molar-refractivity contribution in [1.29, 1.82) is 0 Å². The van der Waals surface area contributed by atoms with Gasteiger partial charge in [-0.15, -0.1) is 0 Å². The number of carbonyl (C=O) groups is 1. The van der Waals surface area contributed by atoms with Crippen molar-refractivity contribution in [2.24, 2.45) is 0 Å². The lowest BCUT2D eigenvalue weighted by molar-refractivity contribution is -0.835. The Labute approximate surface area is 165 Å². The molecule has 1 amide bonds.